The van der Waals surface area contributed by atoms with E-state index in [0.717, 1.165) is 5.56 Å². The summed E-state index contributed by atoms with van der Waals surface area (Å²) in [5.74, 6) is 0.0603. The van der Waals surface area contributed by atoms with Gasteiger partial charge in [0.15, 0.2) is 0 Å². The lowest BCUT2D eigenvalue weighted by molar-refractivity contribution is 0.451. The van der Waals surface area contributed by atoms with Gasteiger partial charge in [-0.1, -0.05) is 18.7 Å². The van der Waals surface area contributed by atoms with Crippen LogP contribution in [0.1, 0.15) is 5.56 Å². The summed E-state index contributed by atoms with van der Waals surface area (Å²) in [7, 11) is 0. The molecule has 86 valence electrons. The van der Waals surface area contributed by atoms with Gasteiger partial charge in [-0.15, -0.1) is 0 Å². The zero-order valence-corrected chi connectivity index (χ0v) is 9.09. The SMILES string of the molecule is C=Cc1ccc(O)cc1-c1cc(O)cc(O)c1. The fourth-order valence-electron chi connectivity index (χ4n) is 1.72. The molecule has 0 spiro atoms. The summed E-state index contributed by atoms with van der Waals surface area (Å²) < 4.78 is 0. The quantitative estimate of drug-likeness (QED) is 0.740. The Kier molecular flexibility index (Phi) is 2.75. The van der Waals surface area contributed by atoms with Crippen LogP contribution in [0.15, 0.2) is 43.0 Å². The minimum atomic E-state index is -0.0293. The number of aromatic hydroxyl groups is 3. The second kappa shape index (κ2) is 4.22. The van der Waals surface area contributed by atoms with E-state index in [1.807, 2.05) is 0 Å². The summed E-state index contributed by atoms with van der Waals surface area (Å²) in [6.07, 6.45) is 1.65. The molecule has 0 radical (unpaired) electrons. The Morgan fingerprint density at radius 3 is 2.06 bits per heavy atom. The van der Waals surface area contributed by atoms with E-state index in [4.69, 9.17) is 0 Å². The zero-order valence-electron chi connectivity index (χ0n) is 9.09. The van der Waals surface area contributed by atoms with Crippen LogP contribution in [-0.4, -0.2) is 15.3 Å². The molecule has 0 aliphatic carbocycles. The largest absolute Gasteiger partial charge is 0.508 e. The average Bonchev–Trinajstić information content (AvgIpc) is 2.27. The second-order valence-electron chi connectivity index (χ2n) is 3.71. The third-order valence-corrected chi connectivity index (χ3v) is 2.47. The number of benzene rings is 2. The monoisotopic (exact) mass is 228 g/mol. The molecule has 0 aliphatic rings. The molecule has 2 rings (SSSR count). The molecule has 0 amide bonds. The van der Waals surface area contributed by atoms with Gasteiger partial charge in [-0.3, -0.25) is 0 Å². The van der Waals surface area contributed by atoms with Gasteiger partial charge < -0.3 is 15.3 Å². The highest BCUT2D eigenvalue weighted by Crippen LogP contribution is 2.33. The van der Waals surface area contributed by atoms with Gasteiger partial charge in [0, 0.05) is 6.07 Å². The van der Waals surface area contributed by atoms with E-state index in [2.05, 4.69) is 6.58 Å². The van der Waals surface area contributed by atoms with Crippen molar-refractivity contribution in [1.29, 1.82) is 0 Å². The Bertz CT molecular complexity index is 553. The van der Waals surface area contributed by atoms with Crippen LogP contribution in [0, 0.1) is 0 Å². The highest BCUT2D eigenvalue weighted by molar-refractivity contribution is 5.77. The van der Waals surface area contributed by atoms with E-state index in [1.165, 1.54) is 18.2 Å². The Morgan fingerprint density at radius 2 is 1.47 bits per heavy atom. The fourth-order valence-corrected chi connectivity index (χ4v) is 1.72. The van der Waals surface area contributed by atoms with Gasteiger partial charge in [-0.25, -0.2) is 0 Å². The average molecular weight is 228 g/mol. The van der Waals surface area contributed by atoms with Crippen molar-refractivity contribution in [3.63, 3.8) is 0 Å². The minimum absolute atomic E-state index is 0.0293. The predicted octanol–water partition coefficient (Wildman–Crippen LogP) is 3.11. The molecule has 0 atom stereocenters. The van der Waals surface area contributed by atoms with Crippen molar-refractivity contribution >= 4 is 6.08 Å². The summed E-state index contributed by atoms with van der Waals surface area (Å²) in [6.45, 7) is 3.68. The van der Waals surface area contributed by atoms with Gasteiger partial charge in [0.1, 0.15) is 17.2 Å². The first-order valence-corrected chi connectivity index (χ1v) is 5.09. The molecule has 2 aromatic carbocycles. The molecular formula is C14H12O3. The lowest BCUT2D eigenvalue weighted by atomic mass is 9.99. The van der Waals surface area contributed by atoms with Gasteiger partial charge >= 0.3 is 0 Å². The Morgan fingerprint density at radius 1 is 0.824 bits per heavy atom. The first-order chi connectivity index (χ1) is 8.10. The Hall–Kier alpha value is -2.42. The van der Waals surface area contributed by atoms with Crippen LogP contribution in [0.25, 0.3) is 17.2 Å². The standard InChI is InChI=1S/C14H12O3/c1-2-9-3-4-11(15)8-14(9)10-5-12(16)7-13(17)6-10/h2-8,15-17H,1H2. The van der Waals surface area contributed by atoms with Crippen LogP contribution in [0.5, 0.6) is 17.2 Å². The molecule has 0 saturated carbocycles. The predicted molar refractivity (Wildman–Crippen MR) is 67.0 cm³/mol. The minimum Gasteiger partial charge on any atom is -0.508 e. The van der Waals surface area contributed by atoms with Crippen LogP contribution in [0.3, 0.4) is 0 Å². The van der Waals surface area contributed by atoms with Crippen LogP contribution in [0.2, 0.25) is 0 Å². The van der Waals surface area contributed by atoms with E-state index < -0.39 is 0 Å². The fraction of sp³-hybridized carbons (Fsp3) is 0. The third kappa shape index (κ3) is 2.23. The summed E-state index contributed by atoms with van der Waals surface area (Å²) in [6, 6.07) is 9.12. The number of hydrogen-bond donors (Lipinski definition) is 3. The first-order valence-electron chi connectivity index (χ1n) is 5.09. The van der Waals surface area contributed by atoms with E-state index in [-0.39, 0.29) is 17.2 Å². The summed E-state index contributed by atoms with van der Waals surface area (Å²) in [4.78, 5) is 0. The van der Waals surface area contributed by atoms with Gasteiger partial charge in [-0.2, -0.15) is 0 Å². The maximum atomic E-state index is 9.47. The topological polar surface area (TPSA) is 60.7 Å². The molecule has 0 saturated heterocycles. The highest BCUT2D eigenvalue weighted by Gasteiger charge is 2.07. The first kappa shape index (κ1) is 11.1. The summed E-state index contributed by atoms with van der Waals surface area (Å²) in [5.41, 5.74) is 2.13. The summed E-state index contributed by atoms with van der Waals surface area (Å²) >= 11 is 0. The number of phenols is 3. The van der Waals surface area contributed by atoms with Gasteiger partial charge in [0.25, 0.3) is 0 Å². The van der Waals surface area contributed by atoms with Crippen molar-refractivity contribution in [2.24, 2.45) is 0 Å². The molecule has 0 bridgehead atoms. The molecule has 3 N–H and O–H groups in total. The van der Waals surface area contributed by atoms with Crippen molar-refractivity contribution in [2.75, 3.05) is 0 Å². The Labute approximate surface area is 98.9 Å². The van der Waals surface area contributed by atoms with Crippen LogP contribution in [0.4, 0.5) is 0 Å². The van der Waals surface area contributed by atoms with E-state index >= 15 is 0 Å². The number of hydrogen-bond acceptors (Lipinski definition) is 3. The van der Waals surface area contributed by atoms with Gasteiger partial charge in [0.2, 0.25) is 0 Å². The Balaban J connectivity index is 2.66. The molecule has 17 heavy (non-hydrogen) atoms. The van der Waals surface area contributed by atoms with Crippen molar-refractivity contribution in [3.8, 4) is 28.4 Å². The van der Waals surface area contributed by atoms with Crippen molar-refractivity contribution < 1.29 is 15.3 Å². The maximum Gasteiger partial charge on any atom is 0.119 e. The van der Waals surface area contributed by atoms with E-state index in [0.29, 0.717) is 11.1 Å². The van der Waals surface area contributed by atoms with Crippen molar-refractivity contribution in [1.82, 2.24) is 0 Å². The maximum absolute atomic E-state index is 9.47. The molecular weight excluding hydrogens is 216 g/mol. The molecule has 0 aliphatic heterocycles. The van der Waals surface area contributed by atoms with Crippen LogP contribution >= 0.6 is 0 Å². The van der Waals surface area contributed by atoms with E-state index in [1.54, 1.807) is 24.3 Å². The second-order valence-corrected chi connectivity index (χ2v) is 3.71. The lowest BCUT2D eigenvalue weighted by Crippen LogP contribution is -1.83. The molecule has 0 heterocycles. The van der Waals surface area contributed by atoms with Crippen molar-refractivity contribution in [2.45, 2.75) is 0 Å². The normalized spacial score (nSPS) is 10.1. The lowest BCUT2D eigenvalue weighted by Gasteiger charge is -2.08. The summed E-state index contributed by atoms with van der Waals surface area (Å²) in [5, 5.41) is 28.4. The van der Waals surface area contributed by atoms with Crippen LogP contribution in [-0.2, 0) is 0 Å². The molecule has 2 aromatic rings. The third-order valence-electron chi connectivity index (χ3n) is 2.47. The van der Waals surface area contributed by atoms with Gasteiger partial charge in [0.05, 0.1) is 0 Å². The smallest absolute Gasteiger partial charge is 0.119 e. The molecule has 0 aromatic heterocycles. The van der Waals surface area contributed by atoms with E-state index in [9.17, 15) is 15.3 Å². The van der Waals surface area contributed by atoms with Crippen LogP contribution < -0.4 is 0 Å². The molecule has 3 heteroatoms. The molecule has 0 fully saturated rings. The molecule has 0 unspecified atom stereocenters. The van der Waals surface area contributed by atoms with Gasteiger partial charge in [-0.05, 0) is 41.0 Å². The molecule has 3 nitrogen and oxygen atoms in total. The zero-order chi connectivity index (χ0) is 12.4. The number of phenolic OH excluding ortho intramolecular Hbond substituents is 3. The highest BCUT2D eigenvalue weighted by atomic mass is 16.3. The van der Waals surface area contributed by atoms with Crippen molar-refractivity contribution in [3.05, 3.63) is 48.5 Å². The number of rotatable bonds is 2.